The van der Waals surface area contributed by atoms with Crippen molar-refractivity contribution < 1.29 is 37.8 Å². The number of aromatic nitrogens is 4. The minimum atomic E-state index is -0.934. The van der Waals surface area contributed by atoms with Crippen LogP contribution >= 0.6 is 0 Å². The predicted octanol–water partition coefficient (Wildman–Crippen LogP) is 8.00. The van der Waals surface area contributed by atoms with E-state index >= 15 is 4.39 Å². The van der Waals surface area contributed by atoms with Crippen LogP contribution in [0.5, 0.6) is 0 Å². The number of H-pyrrole nitrogens is 2. The molecule has 0 aliphatic carbocycles. The Kier molecular flexibility index (Phi) is 12.6. The topological polar surface area (TPSA) is 184 Å². The Morgan fingerprint density at radius 2 is 1.40 bits per heavy atom. The van der Waals surface area contributed by atoms with Crippen LogP contribution in [-0.4, -0.2) is 100 Å². The highest BCUT2D eigenvalue weighted by atomic mass is 19.1. The Bertz CT molecular complexity index is 2700. The second-order valence-corrected chi connectivity index (χ2v) is 16.7. The predicted molar refractivity (Wildman–Crippen MR) is 239 cm³/mol. The van der Waals surface area contributed by atoms with E-state index in [4.69, 9.17) is 19.2 Å². The summed E-state index contributed by atoms with van der Waals surface area (Å²) in [6.45, 7) is 2.14. The summed E-state index contributed by atoms with van der Waals surface area (Å²) < 4.78 is 31.2. The molecule has 3 aliphatic heterocycles. The molecule has 15 nitrogen and oxygen atoms in total. The highest BCUT2D eigenvalue weighted by Crippen LogP contribution is 2.37. The maximum absolute atomic E-state index is 16.0. The lowest BCUT2D eigenvalue weighted by Gasteiger charge is -2.34. The summed E-state index contributed by atoms with van der Waals surface area (Å²) >= 11 is 0. The number of benzene rings is 4. The van der Waals surface area contributed by atoms with Crippen molar-refractivity contribution >= 4 is 34.8 Å². The number of likely N-dealkylation sites (tertiary alicyclic amines) is 2. The van der Waals surface area contributed by atoms with Crippen molar-refractivity contribution in [3.63, 3.8) is 0 Å². The fraction of sp³-hybridized carbons (Fsp3) is 0.347. The molecule has 4 aromatic carbocycles. The first-order chi connectivity index (χ1) is 31.7. The quantitative estimate of drug-likeness (QED) is 0.100. The molecule has 336 valence electrons. The molecule has 0 bridgehead atoms. The first-order valence-corrected chi connectivity index (χ1v) is 22.1. The number of alkyl carbamates (subject to hydrolysis) is 2. The van der Waals surface area contributed by atoms with Gasteiger partial charge in [-0.25, -0.2) is 23.9 Å². The number of hydrogen-bond donors (Lipinski definition) is 4. The van der Waals surface area contributed by atoms with Gasteiger partial charge in [0.05, 0.1) is 43.9 Å². The molecule has 0 saturated carbocycles. The van der Waals surface area contributed by atoms with Crippen LogP contribution in [0.3, 0.4) is 0 Å². The molecule has 3 saturated heterocycles. The molecule has 0 radical (unpaired) electrons. The maximum atomic E-state index is 16.0. The van der Waals surface area contributed by atoms with Crippen molar-refractivity contribution in [2.24, 2.45) is 5.92 Å². The molecule has 4 N–H and O–H groups in total. The normalized spacial score (nSPS) is 18.6. The lowest BCUT2D eigenvalue weighted by atomic mass is 9.90. The van der Waals surface area contributed by atoms with E-state index in [0.29, 0.717) is 79.6 Å². The number of carbonyl (C=O) groups is 4. The monoisotopic (exact) mass is 882 g/mol. The second kappa shape index (κ2) is 19.0. The van der Waals surface area contributed by atoms with Crippen molar-refractivity contribution in [3.05, 3.63) is 120 Å². The lowest BCUT2D eigenvalue weighted by molar-refractivity contribution is -0.137. The van der Waals surface area contributed by atoms with Gasteiger partial charge >= 0.3 is 12.2 Å². The maximum Gasteiger partial charge on any atom is 0.407 e. The van der Waals surface area contributed by atoms with Crippen molar-refractivity contribution in [2.45, 2.75) is 62.7 Å². The van der Waals surface area contributed by atoms with Gasteiger partial charge in [-0.05, 0) is 84.5 Å². The minimum Gasteiger partial charge on any atom is -0.453 e. The van der Waals surface area contributed by atoms with Gasteiger partial charge in [-0.2, -0.15) is 0 Å². The number of amides is 4. The van der Waals surface area contributed by atoms with E-state index in [9.17, 15) is 19.2 Å². The number of ether oxygens (including phenoxy) is 3. The molecule has 4 atom stereocenters. The number of hydrogen-bond acceptors (Lipinski definition) is 9. The fourth-order valence-electron chi connectivity index (χ4n) is 9.50. The lowest BCUT2D eigenvalue weighted by Crippen LogP contribution is -2.53. The van der Waals surface area contributed by atoms with Gasteiger partial charge in [-0.3, -0.25) is 9.59 Å². The van der Waals surface area contributed by atoms with Crippen molar-refractivity contribution in [1.29, 1.82) is 0 Å². The van der Waals surface area contributed by atoms with Gasteiger partial charge < -0.3 is 44.6 Å². The number of nitrogens with zero attached hydrogens (tertiary/aromatic N) is 4. The number of carbonyl (C=O) groups excluding carboxylic acids is 4. The minimum absolute atomic E-state index is 0.0522. The zero-order chi connectivity index (χ0) is 45.0. The number of rotatable bonds is 11. The highest BCUT2D eigenvalue weighted by Gasteiger charge is 2.41. The summed E-state index contributed by atoms with van der Waals surface area (Å²) in [5.74, 6) is 0.414. The Labute approximate surface area is 375 Å². The standard InChI is InChI=1S/C49H51FN8O7/c1-63-48(61)55-42(29-8-4-3-5-9-29)46(59)57-20-6-11-41(57)45-52-28-39(54-45)35-16-17-36(37(50)26-35)33-14-12-32-25-34(15-13-31(32)24-33)38-27-51-44(53-38)40-10-7-21-58(40)47(60)43(56-49(62)64-2)30-18-22-65-23-19-30/h3-5,8-9,12-17,24-28,30,40-43H,6-7,10-11,18-23H2,1-2H3,(H,51,53)(H,52,54)(H,55,61)(H,56,62)/t40-,41-,42+,43-/m0/s1. The molecule has 65 heavy (non-hydrogen) atoms. The molecular weight excluding hydrogens is 832 g/mol. The van der Waals surface area contributed by atoms with Crippen molar-refractivity contribution in [3.8, 4) is 33.6 Å². The third-order valence-electron chi connectivity index (χ3n) is 12.9. The molecule has 0 unspecified atom stereocenters. The Morgan fingerprint density at radius 1 is 0.754 bits per heavy atom. The number of aromatic amines is 2. The third-order valence-corrected chi connectivity index (χ3v) is 12.9. The van der Waals surface area contributed by atoms with Crippen molar-refractivity contribution in [1.82, 2.24) is 40.4 Å². The Hall–Kier alpha value is -7.07. The number of halogens is 1. The van der Waals surface area contributed by atoms with E-state index in [1.165, 1.54) is 20.3 Å². The molecule has 5 heterocycles. The van der Waals surface area contributed by atoms with E-state index < -0.39 is 30.1 Å². The summed E-state index contributed by atoms with van der Waals surface area (Å²) in [4.78, 5) is 72.3. The molecular formula is C49H51FN8O7. The summed E-state index contributed by atoms with van der Waals surface area (Å²) in [5.41, 5.74) is 4.67. The molecule has 16 heteroatoms. The van der Waals surface area contributed by atoms with Crippen LogP contribution < -0.4 is 10.6 Å². The molecule has 6 aromatic rings. The second-order valence-electron chi connectivity index (χ2n) is 16.7. The van der Waals surface area contributed by atoms with Gasteiger partial charge in [-0.1, -0.05) is 66.7 Å². The van der Waals surface area contributed by atoms with E-state index in [0.717, 1.165) is 46.9 Å². The summed E-state index contributed by atoms with van der Waals surface area (Å²) in [7, 11) is 2.55. The molecule has 3 fully saturated rings. The SMILES string of the molecule is COC(=O)N[C@H](C(=O)N1CCC[C@H]1c1nc(-c2ccc3cc(-c4ccc(-c5cnc([C@@H]6CCCN6C(=O)[C@H](NC(=O)OC)c6ccccc6)[nH]5)cc4F)ccc3c2)c[nH]1)C1CCOCC1. The van der Waals surface area contributed by atoms with Crippen LogP contribution in [0.1, 0.15) is 73.9 Å². The van der Waals surface area contributed by atoms with E-state index in [1.807, 2.05) is 71.8 Å². The van der Waals surface area contributed by atoms with E-state index in [-0.39, 0.29) is 29.8 Å². The largest absolute Gasteiger partial charge is 0.453 e. The first-order valence-electron chi connectivity index (χ1n) is 22.1. The number of imidazole rings is 2. The summed E-state index contributed by atoms with van der Waals surface area (Å²) in [6.07, 6.45) is 6.51. The van der Waals surface area contributed by atoms with E-state index in [1.54, 1.807) is 29.3 Å². The summed E-state index contributed by atoms with van der Waals surface area (Å²) in [6, 6.07) is 23.7. The van der Waals surface area contributed by atoms with E-state index in [2.05, 4.69) is 25.6 Å². The first kappa shape index (κ1) is 43.2. The van der Waals surface area contributed by atoms with Crippen LogP contribution in [-0.2, 0) is 23.8 Å². The summed E-state index contributed by atoms with van der Waals surface area (Å²) in [5, 5.41) is 7.37. The van der Waals surface area contributed by atoms with Gasteiger partial charge in [0, 0.05) is 49.2 Å². The van der Waals surface area contributed by atoms with Crippen LogP contribution in [0.15, 0.2) is 97.3 Å². The van der Waals surface area contributed by atoms with Crippen LogP contribution in [0.25, 0.3) is 44.4 Å². The molecule has 4 amide bonds. The van der Waals surface area contributed by atoms with Gasteiger partial charge in [0.1, 0.15) is 29.5 Å². The number of nitrogens with one attached hydrogen (secondary N) is 4. The third kappa shape index (κ3) is 9.03. The average molecular weight is 883 g/mol. The molecule has 2 aromatic heterocycles. The number of fused-ring (bicyclic) bond motifs is 1. The van der Waals surface area contributed by atoms with Crippen LogP contribution in [0.4, 0.5) is 14.0 Å². The zero-order valence-corrected chi connectivity index (χ0v) is 36.2. The van der Waals surface area contributed by atoms with Gasteiger partial charge in [0.2, 0.25) is 5.91 Å². The molecule has 9 rings (SSSR count). The highest BCUT2D eigenvalue weighted by molar-refractivity contribution is 5.91. The van der Waals surface area contributed by atoms with Gasteiger partial charge in [0.15, 0.2) is 0 Å². The Balaban J connectivity index is 0.884. The zero-order valence-electron chi connectivity index (χ0n) is 36.2. The molecule has 0 spiro atoms. The van der Waals surface area contributed by atoms with Gasteiger partial charge in [0.25, 0.3) is 5.91 Å². The van der Waals surface area contributed by atoms with Crippen LogP contribution in [0.2, 0.25) is 0 Å². The Morgan fingerprint density at radius 3 is 2.11 bits per heavy atom. The van der Waals surface area contributed by atoms with Crippen molar-refractivity contribution in [2.75, 3.05) is 40.5 Å². The fourth-order valence-corrected chi connectivity index (χ4v) is 9.50. The average Bonchev–Trinajstić information content (AvgIpc) is 4.20. The van der Waals surface area contributed by atoms with Gasteiger partial charge in [-0.15, -0.1) is 0 Å². The number of methoxy groups -OCH3 is 2. The van der Waals surface area contributed by atoms with Crippen LogP contribution in [0, 0.1) is 11.7 Å². The smallest absolute Gasteiger partial charge is 0.407 e. The molecule has 3 aliphatic rings.